The van der Waals surface area contributed by atoms with Gasteiger partial charge in [0.15, 0.2) is 29.2 Å². The highest BCUT2D eigenvalue weighted by atomic mass is 19.1. The van der Waals surface area contributed by atoms with Gasteiger partial charge < -0.3 is 63.1 Å². The van der Waals surface area contributed by atoms with Crippen LogP contribution in [0.4, 0.5) is 20.2 Å². The Morgan fingerprint density at radius 1 is 0.574 bits per heavy atom. The van der Waals surface area contributed by atoms with Crippen LogP contribution in [-0.2, 0) is 52.3 Å². The number of non-ortho nitro benzene ring substituents is 2. The van der Waals surface area contributed by atoms with Crippen molar-refractivity contribution in [2.75, 3.05) is 19.8 Å². The van der Waals surface area contributed by atoms with Gasteiger partial charge in [0, 0.05) is 51.7 Å². The highest BCUT2D eigenvalue weighted by molar-refractivity contribution is 5.67. The summed E-state index contributed by atoms with van der Waals surface area (Å²) in [5, 5.41) is 59.2. The summed E-state index contributed by atoms with van der Waals surface area (Å²) in [6.07, 6.45) is -11.1. The number of rotatable bonds is 13. The Balaban J connectivity index is 0.000000277. The third-order valence-electron chi connectivity index (χ3n) is 11.6. The number of aliphatic hydroxyl groups excluding tert-OH is 4. The molecule has 23 nitrogen and oxygen atoms in total. The molecule has 0 bridgehead atoms. The molecule has 0 amide bonds. The number of benzene rings is 2. The van der Waals surface area contributed by atoms with Gasteiger partial charge in [0.05, 0.1) is 40.8 Å². The number of carbonyl (C=O) groups is 4. The van der Waals surface area contributed by atoms with Crippen LogP contribution in [0, 0.1) is 61.5 Å². The monoisotopic (exact) mass is 976 g/mol. The fraction of sp³-hybridized carbons (Fsp3) is 0.628. The number of aliphatic hydroxyl groups is 4. The minimum absolute atomic E-state index is 0.0454. The third-order valence-corrected chi connectivity index (χ3v) is 11.6. The summed E-state index contributed by atoms with van der Waals surface area (Å²) in [5.41, 5.74) is -0.917. The summed E-state index contributed by atoms with van der Waals surface area (Å²) in [4.78, 5) is 64.2. The normalized spacial score (nSPS) is 30.9. The molecule has 0 spiro atoms. The molecule has 5 rings (SSSR count). The summed E-state index contributed by atoms with van der Waals surface area (Å²) >= 11 is 0. The molecule has 3 fully saturated rings. The van der Waals surface area contributed by atoms with E-state index in [2.05, 4.69) is 13.8 Å². The number of hydrogen-bond donors (Lipinski definition) is 4. The Labute approximate surface area is 388 Å². The molecule has 3 saturated heterocycles. The van der Waals surface area contributed by atoms with Crippen molar-refractivity contribution in [1.82, 2.24) is 0 Å². The average molecular weight is 977 g/mol. The fourth-order valence-electron chi connectivity index (χ4n) is 7.09. The number of carbonyl (C=O) groups excluding carboxylic acids is 4. The average Bonchev–Trinajstić information content (AvgIpc) is 3.26. The van der Waals surface area contributed by atoms with E-state index in [0.717, 1.165) is 30.3 Å². The Morgan fingerprint density at radius 2 is 1.00 bits per heavy atom. The van der Waals surface area contributed by atoms with E-state index in [9.17, 15) is 63.5 Å². The van der Waals surface area contributed by atoms with Crippen LogP contribution in [0.5, 0.6) is 11.5 Å². The van der Waals surface area contributed by atoms with E-state index in [1.807, 2.05) is 20.8 Å². The highest BCUT2D eigenvalue weighted by Crippen LogP contribution is 2.37. The lowest BCUT2D eigenvalue weighted by molar-refractivity contribution is -0.385. The van der Waals surface area contributed by atoms with Gasteiger partial charge in [-0.3, -0.25) is 39.4 Å². The molecule has 0 radical (unpaired) electrons. The first-order valence-electron chi connectivity index (χ1n) is 21.2. The van der Waals surface area contributed by atoms with Gasteiger partial charge in [-0.15, -0.1) is 0 Å². The molecule has 380 valence electrons. The maximum Gasteiger partial charge on any atom is 0.304 e. The van der Waals surface area contributed by atoms with Gasteiger partial charge in [0.1, 0.15) is 37.6 Å². The van der Waals surface area contributed by atoms with Crippen molar-refractivity contribution >= 4 is 35.3 Å². The van der Waals surface area contributed by atoms with Crippen LogP contribution in [-0.4, -0.2) is 136 Å². The molecule has 2 aromatic rings. The van der Waals surface area contributed by atoms with Crippen LogP contribution in [0.25, 0.3) is 0 Å². The molecule has 15 atom stereocenters. The molecule has 7 unspecified atom stereocenters. The lowest BCUT2D eigenvalue weighted by Crippen LogP contribution is -2.60. The molecule has 3 aliphatic rings. The molecule has 2 aromatic carbocycles. The van der Waals surface area contributed by atoms with Crippen LogP contribution < -0.4 is 9.47 Å². The van der Waals surface area contributed by atoms with Crippen LogP contribution >= 0.6 is 0 Å². The Bertz CT molecular complexity index is 2060. The largest absolute Gasteiger partial charge is 0.463 e. The predicted octanol–water partition coefficient (Wildman–Crippen LogP) is 3.26. The van der Waals surface area contributed by atoms with E-state index in [1.165, 1.54) is 27.7 Å². The first-order chi connectivity index (χ1) is 31.8. The summed E-state index contributed by atoms with van der Waals surface area (Å²) in [5.74, 6) is -4.24. The van der Waals surface area contributed by atoms with Gasteiger partial charge in [0.2, 0.25) is 18.9 Å². The first kappa shape index (κ1) is 56.6. The van der Waals surface area contributed by atoms with Crippen LogP contribution in [0.2, 0.25) is 0 Å². The molecular weight excluding hydrogens is 918 g/mol. The Morgan fingerprint density at radius 3 is 1.41 bits per heavy atom. The van der Waals surface area contributed by atoms with E-state index in [4.69, 9.17) is 47.7 Å². The summed E-state index contributed by atoms with van der Waals surface area (Å²) in [7, 11) is 0. The Kier molecular flexibility index (Phi) is 21.3. The van der Waals surface area contributed by atoms with Crippen LogP contribution in [0.3, 0.4) is 0 Å². The van der Waals surface area contributed by atoms with Gasteiger partial charge in [-0.2, -0.15) is 0 Å². The molecule has 68 heavy (non-hydrogen) atoms. The van der Waals surface area contributed by atoms with E-state index in [1.54, 1.807) is 0 Å². The van der Waals surface area contributed by atoms with E-state index in [0.29, 0.717) is 12.0 Å². The second-order valence-electron chi connectivity index (χ2n) is 16.3. The topological polar surface area (TPSA) is 319 Å². The highest BCUT2D eigenvalue weighted by Gasteiger charge is 2.47. The zero-order valence-corrected chi connectivity index (χ0v) is 38.6. The maximum atomic E-state index is 14.2. The maximum absolute atomic E-state index is 14.2. The van der Waals surface area contributed by atoms with Gasteiger partial charge in [0.25, 0.3) is 11.4 Å². The summed E-state index contributed by atoms with van der Waals surface area (Å²) in [6, 6.07) is 5.49. The molecule has 0 aromatic heterocycles. The van der Waals surface area contributed by atoms with Crippen LogP contribution in [0.15, 0.2) is 36.4 Å². The summed E-state index contributed by atoms with van der Waals surface area (Å²) < 4.78 is 75.5. The minimum Gasteiger partial charge on any atom is -0.463 e. The molecular formula is C43H58F2N2O21. The van der Waals surface area contributed by atoms with E-state index < -0.39 is 113 Å². The summed E-state index contributed by atoms with van der Waals surface area (Å²) in [6.45, 7) is 14.5. The van der Waals surface area contributed by atoms with Crippen molar-refractivity contribution in [2.45, 2.75) is 124 Å². The molecule has 4 N–H and O–H groups in total. The molecule has 0 aliphatic carbocycles. The molecule has 3 aliphatic heterocycles. The number of ether oxygens (including phenoxy) is 9. The second kappa shape index (κ2) is 25.6. The van der Waals surface area contributed by atoms with Crippen molar-refractivity contribution in [2.24, 2.45) is 29.6 Å². The number of esters is 4. The third kappa shape index (κ3) is 15.7. The van der Waals surface area contributed by atoms with Crippen molar-refractivity contribution < 1.29 is 101 Å². The van der Waals surface area contributed by atoms with E-state index in [-0.39, 0.29) is 60.7 Å². The quantitative estimate of drug-likeness (QED) is 0.0968. The number of hydrogen-bond acceptors (Lipinski definition) is 21. The lowest BCUT2D eigenvalue weighted by Gasteiger charge is -2.43. The van der Waals surface area contributed by atoms with E-state index >= 15 is 0 Å². The van der Waals surface area contributed by atoms with Gasteiger partial charge in [-0.05, 0) is 29.9 Å². The van der Waals surface area contributed by atoms with Crippen molar-refractivity contribution in [3.63, 3.8) is 0 Å². The van der Waals surface area contributed by atoms with Gasteiger partial charge in [-0.25, -0.2) is 8.78 Å². The molecule has 25 heteroatoms. The zero-order valence-electron chi connectivity index (χ0n) is 38.6. The first-order valence-corrected chi connectivity index (χ1v) is 21.2. The zero-order chi connectivity index (χ0) is 51.3. The number of nitro benzene ring substituents is 2. The van der Waals surface area contributed by atoms with Crippen LogP contribution in [0.1, 0.15) is 62.3 Å². The standard InChI is InChI=1S/C18H22FNO8.C13H22O5.C12H14FNO8/c1-9-10(2)17(26-12(4)22)18(28-16(9)8-25-11(3)21)27-15-6-5-13(20(23)24)7-14(15)19;1-7-8(2)12(6-16-10(4)14)18-13(9(7)3)17-11(5)15;13-6-3-5(14(19)20)1-2-7(6)21-12-11(18)10(17)9(16)8(4-15)22-12/h5-7,9-10,16-18H,8H2,1-4H3;7-9,12-13H,6H2,1-5H3;1-3,8-12,15-18H,4H2/t9-,10-,16?,17?,18+;7-,8-,9?,12?,13?;8?,9-,10+,11?,12-/m001/s1. The van der Waals surface area contributed by atoms with Crippen molar-refractivity contribution in [3.05, 3.63) is 68.3 Å². The SMILES string of the molecule is CC(=O)OCC1OC(OC(C)=O)C(C)[C@@H](C)[C@@H]1C.CC(=O)OCC1O[C@@H](Oc2ccc([N+](=O)[O-])cc2F)C(OC(C)=O)[C@@H](C)[C@@H]1C.O=[N+]([O-])c1ccc(O[C@@H]2OC(CO)[C@@H](O)[C@H](O)C2O)c(F)c1. The fourth-order valence-corrected chi connectivity index (χ4v) is 7.09. The van der Waals surface area contributed by atoms with Crippen molar-refractivity contribution in [3.8, 4) is 11.5 Å². The van der Waals surface area contributed by atoms with Gasteiger partial charge in [-0.1, -0.05) is 34.6 Å². The number of nitrogens with zero attached hydrogens (tertiary/aromatic N) is 2. The number of halogens is 2. The smallest absolute Gasteiger partial charge is 0.304 e. The van der Waals surface area contributed by atoms with Crippen molar-refractivity contribution in [1.29, 1.82) is 0 Å². The Hall–Kier alpha value is -5.70. The lowest BCUT2D eigenvalue weighted by atomic mass is 9.79. The minimum atomic E-state index is -1.70. The molecule has 3 heterocycles. The van der Waals surface area contributed by atoms with Gasteiger partial charge >= 0.3 is 23.9 Å². The molecule has 0 saturated carbocycles. The number of nitro groups is 2. The predicted molar refractivity (Wildman–Crippen MR) is 225 cm³/mol. The second-order valence-corrected chi connectivity index (χ2v) is 16.3.